The van der Waals surface area contributed by atoms with Gasteiger partial charge >= 0.3 is 0 Å². The summed E-state index contributed by atoms with van der Waals surface area (Å²) in [5.41, 5.74) is -0.172. The number of benzene rings is 1. The van der Waals surface area contributed by atoms with Crippen LogP contribution in [0.25, 0.3) is 0 Å². The number of hydrogen-bond acceptors (Lipinski definition) is 4. The van der Waals surface area contributed by atoms with E-state index in [4.69, 9.17) is 0 Å². The molecule has 0 amide bonds. The summed E-state index contributed by atoms with van der Waals surface area (Å²) in [6, 6.07) is 8.40. The van der Waals surface area contributed by atoms with Gasteiger partial charge in [-0.3, -0.25) is 4.79 Å². The van der Waals surface area contributed by atoms with Crippen molar-refractivity contribution in [3.63, 3.8) is 0 Å². The molecule has 2 N–H and O–H groups in total. The molecule has 0 radical (unpaired) electrons. The van der Waals surface area contributed by atoms with E-state index in [1.807, 2.05) is 13.0 Å². The highest BCUT2D eigenvalue weighted by Crippen LogP contribution is 2.32. The van der Waals surface area contributed by atoms with E-state index in [1.165, 1.54) is 17.8 Å². The topological polar surface area (TPSA) is 66.0 Å². The van der Waals surface area contributed by atoms with Crippen LogP contribution in [0, 0.1) is 0 Å². The number of hydrogen-bond donors (Lipinski definition) is 2. The number of para-hydroxylation sites is 1. The number of phenols is 1. The predicted octanol–water partition coefficient (Wildman–Crippen LogP) is 2.19. The molecule has 0 saturated heterocycles. The van der Waals surface area contributed by atoms with Gasteiger partial charge in [-0.2, -0.15) is 0 Å². The van der Waals surface area contributed by atoms with Crippen LogP contribution in [0.4, 0.5) is 0 Å². The van der Waals surface area contributed by atoms with Crippen LogP contribution >= 0.6 is 11.8 Å². The summed E-state index contributed by atoms with van der Waals surface area (Å²) < 4.78 is 0. The molecule has 2 rings (SSSR count). The monoisotopic (exact) mass is 248 g/mol. The van der Waals surface area contributed by atoms with Gasteiger partial charge in [0, 0.05) is 12.5 Å². The molecule has 0 bridgehead atoms. The van der Waals surface area contributed by atoms with Gasteiger partial charge in [0.1, 0.15) is 16.6 Å². The summed E-state index contributed by atoms with van der Waals surface area (Å²) >= 11 is 1.28. The Kier molecular flexibility index (Phi) is 3.49. The van der Waals surface area contributed by atoms with Gasteiger partial charge < -0.3 is 10.1 Å². The molecule has 4 nitrogen and oxygen atoms in total. The van der Waals surface area contributed by atoms with E-state index in [0.717, 1.165) is 0 Å². The maximum absolute atomic E-state index is 11.4. The molecule has 0 saturated carbocycles. The molecule has 2 aromatic rings. The summed E-state index contributed by atoms with van der Waals surface area (Å²) in [7, 11) is 0. The number of aromatic amines is 1. The normalized spacial score (nSPS) is 10.4. The highest BCUT2D eigenvalue weighted by molar-refractivity contribution is 7.99. The van der Waals surface area contributed by atoms with Gasteiger partial charge in [0.15, 0.2) is 0 Å². The van der Waals surface area contributed by atoms with E-state index in [2.05, 4.69) is 9.97 Å². The smallest absolute Gasteiger partial charge is 0.251 e. The standard InChI is InChI=1S/C12H12N2O2S/c1-2-10-13-11(16)7-12(14-10)17-9-6-4-3-5-8(9)15/h3-7,15H,2H2,1H3,(H,13,14,16). The van der Waals surface area contributed by atoms with E-state index in [9.17, 15) is 9.90 Å². The second-order valence-corrected chi connectivity index (χ2v) is 4.52. The van der Waals surface area contributed by atoms with Crippen molar-refractivity contribution in [2.24, 2.45) is 0 Å². The molecule has 0 fully saturated rings. The predicted molar refractivity (Wildman–Crippen MR) is 66.5 cm³/mol. The van der Waals surface area contributed by atoms with Crippen molar-refractivity contribution < 1.29 is 5.11 Å². The maximum Gasteiger partial charge on any atom is 0.251 e. The van der Waals surface area contributed by atoms with Crippen molar-refractivity contribution in [1.29, 1.82) is 0 Å². The molecule has 0 spiro atoms. The number of rotatable bonds is 3. The summed E-state index contributed by atoms with van der Waals surface area (Å²) in [5.74, 6) is 0.841. The number of nitrogens with one attached hydrogen (secondary N) is 1. The summed E-state index contributed by atoms with van der Waals surface area (Å²) in [5, 5.41) is 10.2. The zero-order valence-corrected chi connectivity index (χ0v) is 10.1. The molecular weight excluding hydrogens is 236 g/mol. The average molecular weight is 248 g/mol. The van der Waals surface area contributed by atoms with E-state index in [-0.39, 0.29) is 11.3 Å². The minimum atomic E-state index is -0.172. The van der Waals surface area contributed by atoms with E-state index < -0.39 is 0 Å². The van der Waals surface area contributed by atoms with Crippen LogP contribution in [0.5, 0.6) is 5.75 Å². The van der Waals surface area contributed by atoms with Crippen LogP contribution in [0.1, 0.15) is 12.7 Å². The SMILES string of the molecule is CCc1nc(Sc2ccccc2O)cc(=O)[nH]1. The van der Waals surface area contributed by atoms with Gasteiger partial charge in [0.05, 0.1) is 4.90 Å². The van der Waals surface area contributed by atoms with Crippen molar-refractivity contribution in [2.75, 3.05) is 0 Å². The van der Waals surface area contributed by atoms with Crippen molar-refractivity contribution >= 4 is 11.8 Å². The Morgan fingerprint density at radius 1 is 1.41 bits per heavy atom. The molecule has 0 aliphatic carbocycles. The average Bonchev–Trinajstić information content (AvgIpc) is 2.31. The molecule has 0 atom stereocenters. The van der Waals surface area contributed by atoms with E-state index >= 15 is 0 Å². The molecule has 5 heteroatoms. The van der Waals surface area contributed by atoms with Crippen molar-refractivity contribution in [1.82, 2.24) is 9.97 Å². The van der Waals surface area contributed by atoms with Crippen molar-refractivity contribution in [2.45, 2.75) is 23.3 Å². The van der Waals surface area contributed by atoms with Crippen molar-refractivity contribution in [3.05, 3.63) is 46.5 Å². The second kappa shape index (κ2) is 5.05. The summed E-state index contributed by atoms with van der Waals surface area (Å²) in [4.78, 5) is 19.0. The van der Waals surface area contributed by atoms with Gasteiger partial charge in [-0.1, -0.05) is 30.8 Å². The number of phenolic OH excluding ortho intramolecular Hbond substituents is 1. The molecule has 0 aliphatic heterocycles. The summed E-state index contributed by atoms with van der Waals surface area (Å²) in [6.45, 7) is 1.92. The molecule has 88 valence electrons. The fourth-order valence-corrected chi connectivity index (χ4v) is 2.23. The molecule has 1 aromatic carbocycles. The lowest BCUT2D eigenvalue weighted by molar-refractivity contribution is 0.462. The van der Waals surface area contributed by atoms with Gasteiger partial charge in [0.2, 0.25) is 0 Å². The lowest BCUT2D eigenvalue weighted by Gasteiger charge is -2.04. The highest BCUT2D eigenvalue weighted by Gasteiger charge is 2.05. The summed E-state index contributed by atoms with van der Waals surface area (Å²) in [6.07, 6.45) is 0.671. The number of aromatic nitrogens is 2. The third-order valence-corrected chi connectivity index (χ3v) is 3.17. The number of aromatic hydroxyl groups is 1. The van der Waals surface area contributed by atoms with Gasteiger partial charge in [-0.25, -0.2) is 4.98 Å². The van der Waals surface area contributed by atoms with Crippen LogP contribution in [-0.4, -0.2) is 15.1 Å². The minimum Gasteiger partial charge on any atom is -0.507 e. The Morgan fingerprint density at radius 2 is 2.18 bits per heavy atom. The Bertz CT molecular complexity index is 581. The van der Waals surface area contributed by atoms with Gasteiger partial charge in [-0.15, -0.1) is 0 Å². The largest absolute Gasteiger partial charge is 0.507 e. The molecule has 1 aromatic heterocycles. The number of nitrogens with zero attached hydrogens (tertiary/aromatic N) is 1. The molecule has 0 unspecified atom stereocenters. The fourth-order valence-electron chi connectivity index (χ4n) is 1.36. The Balaban J connectivity index is 2.33. The zero-order chi connectivity index (χ0) is 12.3. The number of aryl methyl sites for hydroxylation is 1. The minimum absolute atomic E-state index is 0.172. The van der Waals surface area contributed by atoms with Crippen LogP contribution < -0.4 is 5.56 Å². The maximum atomic E-state index is 11.4. The Hall–Kier alpha value is -1.75. The molecule has 1 heterocycles. The third kappa shape index (κ3) is 2.88. The zero-order valence-electron chi connectivity index (χ0n) is 9.30. The lowest BCUT2D eigenvalue weighted by atomic mass is 10.3. The van der Waals surface area contributed by atoms with Crippen LogP contribution in [0.15, 0.2) is 45.0 Å². The second-order valence-electron chi connectivity index (χ2n) is 3.45. The quantitative estimate of drug-likeness (QED) is 0.817. The molecular formula is C12H12N2O2S. The Labute approximate surface area is 103 Å². The molecule has 0 aliphatic rings. The number of H-pyrrole nitrogens is 1. The first-order chi connectivity index (χ1) is 8.19. The third-order valence-electron chi connectivity index (χ3n) is 2.18. The molecule has 17 heavy (non-hydrogen) atoms. The Morgan fingerprint density at radius 3 is 2.88 bits per heavy atom. The first-order valence-corrected chi connectivity index (χ1v) is 6.07. The van der Waals surface area contributed by atoms with Crippen LogP contribution in [0.3, 0.4) is 0 Å². The lowest BCUT2D eigenvalue weighted by Crippen LogP contribution is -2.09. The first-order valence-electron chi connectivity index (χ1n) is 5.25. The highest BCUT2D eigenvalue weighted by atomic mass is 32.2. The van der Waals surface area contributed by atoms with Crippen LogP contribution in [-0.2, 0) is 6.42 Å². The van der Waals surface area contributed by atoms with E-state index in [1.54, 1.807) is 18.2 Å². The van der Waals surface area contributed by atoms with E-state index in [0.29, 0.717) is 22.2 Å². The first kappa shape index (κ1) is 11.7. The van der Waals surface area contributed by atoms with Gasteiger partial charge in [0.25, 0.3) is 5.56 Å². The van der Waals surface area contributed by atoms with Gasteiger partial charge in [-0.05, 0) is 12.1 Å². The fraction of sp³-hybridized carbons (Fsp3) is 0.167. The van der Waals surface area contributed by atoms with Crippen LogP contribution in [0.2, 0.25) is 0 Å². The van der Waals surface area contributed by atoms with Crippen molar-refractivity contribution in [3.8, 4) is 5.75 Å².